The van der Waals surface area contributed by atoms with E-state index in [2.05, 4.69) is 10.1 Å². The molecule has 1 aliphatic heterocycles. The van der Waals surface area contributed by atoms with E-state index in [0.29, 0.717) is 37.7 Å². The fourth-order valence-electron chi connectivity index (χ4n) is 3.31. The van der Waals surface area contributed by atoms with Gasteiger partial charge in [0.25, 0.3) is 11.5 Å². The third-order valence-corrected chi connectivity index (χ3v) is 4.81. The predicted octanol–water partition coefficient (Wildman–Crippen LogP) is 1.74. The Hall–Kier alpha value is -3.13. The highest BCUT2D eigenvalue weighted by Crippen LogP contribution is 2.15. The van der Waals surface area contributed by atoms with Crippen LogP contribution in [0.1, 0.15) is 27.8 Å². The van der Waals surface area contributed by atoms with E-state index in [4.69, 9.17) is 8.94 Å². The lowest BCUT2D eigenvalue weighted by atomic mass is 10.2. The Balaban J connectivity index is 1.33. The van der Waals surface area contributed by atoms with E-state index in [1.807, 2.05) is 13.0 Å². The third kappa shape index (κ3) is 4.07. The van der Waals surface area contributed by atoms with Gasteiger partial charge in [-0.25, -0.2) is 0 Å². The Bertz CT molecular complexity index is 1010. The SMILES string of the molecule is Cc1cc(CN2CCN(C(=O)c3ccc(Cn4ccccc4=O)o3)CC2)on1. The fraction of sp³-hybridized carbons (Fsp3) is 0.350. The number of hydrogen-bond donors (Lipinski definition) is 0. The molecule has 8 nitrogen and oxygen atoms in total. The fourth-order valence-corrected chi connectivity index (χ4v) is 3.31. The largest absolute Gasteiger partial charge is 0.454 e. The van der Waals surface area contributed by atoms with Gasteiger partial charge >= 0.3 is 0 Å². The average molecular weight is 382 g/mol. The molecule has 8 heteroatoms. The van der Waals surface area contributed by atoms with Crippen LogP contribution in [0.15, 0.2) is 56.3 Å². The van der Waals surface area contributed by atoms with Gasteiger partial charge in [-0.15, -0.1) is 0 Å². The summed E-state index contributed by atoms with van der Waals surface area (Å²) in [6.45, 7) is 5.67. The Morgan fingerprint density at radius 2 is 1.89 bits per heavy atom. The molecule has 3 aromatic heterocycles. The molecule has 4 heterocycles. The summed E-state index contributed by atoms with van der Waals surface area (Å²) in [6, 6.07) is 10.3. The maximum absolute atomic E-state index is 12.7. The number of aryl methyl sites for hydroxylation is 1. The zero-order chi connectivity index (χ0) is 19.5. The van der Waals surface area contributed by atoms with Crippen LogP contribution in [0.25, 0.3) is 0 Å². The molecule has 1 aliphatic rings. The number of rotatable bonds is 5. The number of nitrogens with zero attached hydrogens (tertiary/aromatic N) is 4. The zero-order valence-corrected chi connectivity index (χ0v) is 15.7. The standard InChI is InChI=1S/C20H22N4O4/c1-15-12-17(28-21-15)13-22-8-10-23(11-9-22)20(26)18-6-5-16(27-18)14-24-7-3-2-4-19(24)25/h2-7,12H,8-11,13-14H2,1H3. The second-order valence-electron chi connectivity index (χ2n) is 6.94. The van der Waals surface area contributed by atoms with Gasteiger partial charge < -0.3 is 18.4 Å². The first-order chi connectivity index (χ1) is 13.6. The van der Waals surface area contributed by atoms with E-state index in [0.717, 1.165) is 24.5 Å². The van der Waals surface area contributed by atoms with Crippen molar-refractivity contribution in [1.29, 1.82) is 0 Å². The monoisotopic (exact) mass is 382 g/mol. The molecule has 4 rings (SSSR count). The number of carbonyl (C=O) groups is 1. The first-order valence-electron chi connectivity index (χ1n) is 9.26. The third-order valence-electron chi connectivity index (χ3n) is 4.81. The van der Waals surface area contributed by atoms with Gasteiger partial charge in [0.1, 0.15) is 5.76 Å². The highest BCUT2D eigenvalue weighted by molar-refractivity contribution is 5.91. The lowest BCUT2D eigenvalue weighted by Crippen LogP contribution is -2.48. The molecular formula is C20H22N4O4. The molecule has 0 spiro atoms. The van der Waals surface area contributed by atoms with E-state index >= 15 is 0 Å². The molecule has 28 heavy (non-hydrogen) atoms. The molecule has 1 fully saturated rings. The molecule has 0 N–H and O–H groups in total. The number of piperazine rings is 1. The van der Waals surface area contributed by atoms with Crippen molar-refractivity contribution < 1.29 is 13.7 Å². The van der Waals surface area contributed by atoms with Crippen molar-refractivity contribution in [2.24, 2.45) is 0 Å². The van der Waals surface area contributed by atoms with Gasteiger partial charge in [0, 0.05) is 44.5 Å². The first-order valence-corrected chi connectivity index (χ1v) is 9.26. The first kappa shape index (κ1) is 18.2. The number of pyridine rings is 1. The predicted molar refractivity (Wildman–Crippen MR) is 101 cm³/mol. The molecule has 1 saturated heterocycles. The van der Waals surface area contributed by atoms with Crippen molar-refractivity contribution in [3.63, 3.8) is 0 Å². The smallest absolute Gasteiger partial charge is 0.289 e. The van der Waals surface area contributed by atoms with Crippen molar-refractivity contribution in [1.82, 2.24) is 19.5 Å². The Morgan fingerprint density at radius 1 is 1.07 bits per heavy atom. The molecule has 0 atom stereocenters. The van der Waals surface area contributed by atoms with Crippen LogP contribution < -0.4 is 5.56 Å². The lowest BCUT2D eigenvalue weighted by molar-refractivity contribution is 0.0585. The maximum Gasteiger partial charge on any atom is 0.289 e. The highest BCUT2D eigenvalue weighted by Gasteiger charge is 2.25. The highest BCUT2D eigenvalue weighted by atomic mass is 16.5. The summed E-state index contributed by atoms with van der Waals surface area (Å²) in [7, 11) is 0. The molecule has 0 radical (unpaired) electrons. The number of carbonyl (C=O) groups excluding carboxylic acids is 1. The second-order valence-corrected chi connectivity index (χ2v) is 6.94. The summed E-state index contributed by atoms with van der Waals surface area (Å²) in [5, 5.41) is 3.90. The van der Waals surface area contributed by atoms with Crippen molar-refractivity contribution in [3.05, 3.63) is 75.9 Å². The summed E-state index contributed by atoms with van der Waals surface area (Å²) >= 11 is 0. The normalized spacial score (nSPS) is 15.1. The Labute approximate surface area is 161 Å². The summed E-state index contributed by atoms with van der Waals surface area (Å²) < 4.78 is 12.5. The maximum atomic E-state index is 12.7. The molecule has 0 bridgehead atoms. The van der Waals surface area contributed by atoms with E-state index in [1.54, 1.807) is 35.4 Å². The van der Waals surface area contributed by atoms with Gasteiger partial charge in [-0.3, -0.25) is 14.5 Å². The topological polar surface area (TPSA) is 84.7 Å². The van der Waals surface area contributed by atoms with E-state index < -0.39 is 0 Å². The Kier molecular flexibility index (Phi) is 5.12. The molecule has 1 amide bonds. The minimum atomic E-state index is -0.123. The van der Waals surface area contributed by atoms with Crippen molar-refractivity contribution in [2.45, 2.75) is 20.0 Å². The van der Waals surface area contributed by atoms with Crippen LogP contribution in [0, 0.1) is 6.92 Å². The van der Waals surface area contributed by atoms with Gasteiger partial charge in [-0.05, 0) is 25.1 Å². The number of amides is 1. The lowest BCUT2D eigenvalue weighted by Gasteiger charge is -2.33. The molecule has 3 aromatic rings. The van der Waals surface area contributed by atoms with E-state index in [9.17, 15) is 9.59 Å². The molecule has 0 aromatic carbocycles. The quantitative estimate of drug-likeness (QED) is 0.668. The zero-order valence-electron chi connectivity index (χ0n) is 15.7. The molecule has 0 aliphatic carbocycles. The number of furan rings is 1. The van der Waals surface area contributed by atoms with Crippen LogP contribution in [0.2, 0.25) is 0 Å². The van der Waals surface area contributed by atoms with Crippen LogP contribution in [-0.2, 0) is 13.1 Å². The van der Waals surface area contributed by atoms with Crippen molar-refractivity contribution in [3.8, 4) is 0 Å². The van der Waals surface area contributed by atoms with Crippen LogP contribution in [-0.4, -0.2) is 51.6 Å². The van der Waals surface area contributed by atoms with Crippen LogP contribution in [0.3, 0.4) is 0 Å². The van der Waals surface area contributed by atoms with Crippen molar-refractivity contribution >= 4 is 5.91 Å². The molecule has 0 saturated carbocycles. The second kappa shape index (κ2) is 7.85. The summed E-state index contributed by atoms with van der Waals surface area (Å²) in [5.41, 5.74) is 0.764. The van der Waals surface area contributed by atoms with Gasteiger partial charge in [0.15, 0.2) is 11.5 Å². The molecular weight excluding hydrogens is 360 g/mol. The number of aromatic nitrogens is 2. The molecule has 146 valence electrons. The van der Waals surface area contributed by atoms with Gasteiger partial charge in [0.2, 0.25) is 0 Å². The van der Waals surface area contributed by atoms with Crippen molar-refractivity contribution in [2.75, 3.05) is 26.2 Å². The summed E-state index contributed by atoms with van der Waals surface area (Å²) in [4.78, 5) is 28.5. The average Bonchev–Trinajstić information content (AvgIpc) is 3.33. The van der Waals surface area contributed by atoms with E-state index in [1.165, 1.54) is 10.6 Å². The summed E-state index contributed by atoms with van der Waals surface area (Å²) in [5.74, 6) is 1.60. The molecule has 0 unspecified atom stereocenters. The van der Waals surface area contributed by atoms with Gasteiger partial charge in [-0.1, -0.05) is 11.2 Å². The van der Waals surface area contributed by atoms with Gasteiger partial charge in [0.05, 0.1) is 18.8 Å². The minimum absolute atomic E-state index is 0.107. The Morgan fingerprint density at radius 3 is 2.61 bits per heavy atom. The van der Waals surface area contributed by atoms with Crippen LogP contribution >= 0.6 is 0 Å². The van der Waals surface area contributed by atoms with Gasteiger partial charge in [-0.2, -0.15) is 0 Å². The van der Waals surface area contributed by atoms with Crippen LogP contribution in [0.4, 0.5) is 0 Å². The van der Waals surface area contributed by atoms with E-state index in [-0.39, 0.29) is 11.5 Å². The minimum Gasteiger partial charge on any atom is -0.454 e. The summed E-state index contributed by atoms with van der Waals surface area (Å²) in [6.07, 6.45) is 1.70. The van der Waals surface area contributed by atoms with Crippen LogP contribution in [0.5, 0.6) is 0 Å². The number of hydrogen-bond acceptors (Lipinski definition) is 6.